The number of carbonyl (C=O) groups excluding carboxylic acids is 1. The molecule has 0 bridgehead atoms. The van der Waals surface area contributed by atoms with Gasteiger partial charge in [0.1, 0.15) is 11.5 Å². The molecule has 2 aromatic heterocycles. The Labute approximate surface area is 245 Å². The summed E-state index contributed by atoms with van der Waals surface area (Å²) in [6, 6.07) is 23.0. The number of anilines is 1. The van der Waals surface area contributed by atoms with Crippen LogP contribution in [0.4, 0.5) is 23.2 Å². The Morgan fingerprint density at radius 1 is 0.837 bits per heavy atom. The standard InChI is InChI=1S/C33H27F4N5O/c34-28-19-24(27-9-2-1-6-25(27)21-41-16-3-4-17-41)10-11-29(28)39-32(43)30-20-31(33(35,36)37)40-42(30)26-8-5-7-23(18-26)22-12-14-38-15-13-22/h1-2,5-15,18-20H,3-4,16-17,21H2,(H,39,43). The lowest BCUT2D eigenvalue weighted by molar-refractivity contribution is -0.141. The number of benzene rings is 3. The van der Waals surface area contributed by atoms with Gasteiger partial charge in [0, 0.05) is 25.0 Å². The average Bonchev–Trinajstić information content (AvgIpc) is 3.70. The normalized spacial score (nSPS) is 13.8. The van der Waals surface area contributed by atoms with Crippen molar-refractivity contribution in [2.24, 2.45) is 0 Å². The SMILES string of the molecule is O=C(Nc1ccc(-c2ccccc2CN2CCCC2)cc1F)c1cc(C(F)(F)F)nn1-c1cccc(-c2ccncc2)c1. The summed E-state index contributed by atoms with van der Waals surface area (Å²) in [6.45, 7) is 2.80. The first-order chi connectivity index (χ1) is 20.8. The second kappa shape index (κ2) is 11.8. The molecule has 1 fully saturated rings. The number of pyridine rings is 1. The molecule has 218 valence electrons. The molecule has 6 nitrogen and oxygen atoms in total. The van der Waals surface area contributed by atoms with Gasteiger partial charge in [-0.1, -0.05) is 42.5 Å². The third-order valence-electron chi connectivity index (χ3n) is 7.48. The van der Waals surface area contributed by atoms with Crippen LogP contribution in [0.2, 0.25) is 0 Å². The summed E-state index contributed by atoms with van der Waals surface area (Å²) in [5, 5.41) is 6.14. The second-order valence-electron chi connectivity index (χ2n) is 10.4. The zero-order valence-electron chi connectivity index (χ0n) is 23.0. The van der Waals surface area contributed by atoms with E-state index in [0.717, 1.165) is 53.8 Å². The first-order valence-electron chi connectivity index (χ1n) is 13.9. The number of rotatable bonds is 7. The molecule has 0 radical (unpaired) electrons. The van der Waals surface area contributed by atoms with E-state index in [1.165, 1.54) is 12.1 Å². The van der Waals surface area contributed by atoms with Crippen molar-refractivity contribution in [1.82, 2.24) is 19.7 Å². The highest BCUT2D eigenvalue weighted by atomic mass is 19.4. The zero-order chi connectivity index (χ0) is 30.0. The van der Waals surface area contributed by atoms with Gasteiger partial charge in [-0.2, -0.15) is 18.3 Å². The molecule has 1 aliphatic heterocycles. The Hall–Kier alpha value is -4.83. The van der Waals surface area contributed by atoms with Crippen LogP contribution in [0.5, 0.6) is 0 Å². The summed E-state index contributed by atoms with van der Waals surface area (Å²) in [5.41, 5.74) is 2.53. The van der Waals surface area contributed by atoms with Crippen molar-refractivity contribution in [2.45, 2.75) is 25.6 Å². The smallest absolute Gasteiger partial charge is 0.318 e. The summed E-state index contributed by atoms with van der Waals surface area (Å²) < 4.78 is 57.3. The molecule has 43 heavy (non-hydrogen) atoms. The quantitative estimate of drug-likeness (QED) is 0.200. The minimum atomic E-state index is -4.79. The van der Waals surface area contributed by atoms with Gasteiger partial charge in [-0.15, -0.1) is 0 Å². The summed E-state index contributed by atoms with van der Waals surface area (Å²) in [4.78, 5) is 19.7. The molecule has 1 saturated heterocycles. The summed E-state index contributed by atoms with van der Waals surface area (Å²) >= 11 is 0. The van der Waals surface area contributed by atoms with Crippen LogP contribution in [0.3, 0.4) is 0 Å². The van der Waals surface area contributed by atoms with Gasteiger partial charge in [0.25, 0.3) is 5.91 Å². The molecule has 6 rings (SSSR count). The summed E-state index contributed by atoms with van der Waals surface area (Å²) in [5.74, 6) is -1.64. The van der Waals surface area contributed by atoms with Crippen LogP contribution >= 0.6 is 0 Å². The molecule has 1 N–H and O–H groups in total. The van der Waals surface area contributed by atoms with Gasteiger partial charge in [0.15, 0.2) is 5.69 Å². The van der Waals surface area contributed by atoms with Crippen LogP contribution in [-0.4, -0.2) is 38.7 Å². The van der Waals surface area contributed by atoms with E-state index in [4.69, 9.17) is 0 Å². The van der Waals surface area contributed by atoms with Crippen molar-refractivity contribution in [3.8, 4) is 27.9 Å². The Kier molecular flexibility index (Phi) is 7.77. The first-order valence-corrected chi connectivity index (χ1v) is 13.9. The number of nitrogens with one attached hydrogen (secondary N) is 1. The fraction of sp³-hybridized carbons (Fsp3) is 0.182. The topological polar surface area (TPSA) is 63.1 Å². The number of amides is 1. The largest absolute Gasteiger partial charge is 0.435 e. The first kappa shape index (κ1) is 28.3. The van der Waals surface area contributed by atoms with Crippen LogP contribution in [0.15, 0.2) is 97.3 Å². The van der Waals surface area contributed by atoms with Crippen molar-refractivity contribution in [1.29, 1.82) is 0 Å². The lowest BCUT2D eigenvalue weighted by Crippen LogP contribution is -2.19. The molecule has 0 unspecified atom stereocenters. The number of hydrogen-bond donors (Lipinski definition) is 1. The number of alkyl halides is 3. The van der Waals surface area contributed by atoms with Gasteiger partial charge >= 0.3 is 6.18 Å². The average molecular weight is 586 g/mol. The monoisotopic (exact) mass is 585 g/mol. The second-order valence-corrected chi connectivity index (χ2v) is 10.4. The van der Waals surface area contributed by atoms with E-state index in [1.54, 1.807) is 54.9 Å². The van der Waals surface area contributed by atoms with Gasteiger partial charge < -0.3 is 5.32 Å². The Morgan fingerprint density at radius 2 is 1.60 bits per heavy atom. The molecule has 0 aliphatic carbocycles. The molecule has 0 spiro atoms. The highest BCUT2D eigenvalue weighted by Gasteiger charge is 2.36. The molecule has 3 heterocycles. The summed E-state index contributed by atoms with van der Waals surface area (Å²) in [7, 11) is 0. The molecule has 10 heteroatoms. The molecule has 5 aromatic rings. The maximum absolute atomic E-state index is 15.4. The molecular formula is C33H27F4N5O. The lowest BCUT2D eigenvalue weighted by Gasteiger charge is -2.18. The summed E-state index contributed by atoms with van der Waals surface area (Å²) in [6.07, 6.45) is 0.721. The Bertz CT molecular complexity index is 1760. The zero-order valence-corrected chi connectivity index (χ0v) is 23.0. The van der Waals surface area contributed by atoms with Crippen LogP contribution in [0.25, 0.3) is 27.9 Å². The maximum atomic E-state index is 15.4. The van der Waals surface area contributed by atoms with Crippen molar-refractivity contribution < 1.29 is 22.4 Å². The minimum absolute atomic E-state index is 0.155. The predicted octanol–water partition coefficient (Wildman–Crippen LogP) is 7.61. The number of likely N-dealkylation sites (tertiary alicyclic amines) is 1. The highest BCUT2D eigenvalue weighted by molar-refractivity contribution is 6.03. The molecule has 0 saturated carbocycles. The van der Waals surface area contributed by atoms with E-state index in [9.17, 15) is 18.0 Å². The Balaban J connectivity index is 1.30. The van der Waals surface area contributed by atoms with Gasteiger partial charge in [0.2, 0.25) is 0 Å². The fourth-order valence-corrected chi connectivity index (χ4v) is 5.33. The van der Waals surface area contributed by atoms with Gasteiger partial charge in [0.05, 0.1) is 11.4 Å². The van der Waals surface area contributed by atoms with Crippen molar-refractivity contribution >= 4 is 11.6 Å². The van der Waals surface area contributed by atoms with Gasteiger partial charge in [-0.3, -0.25) is 14.7 Å². The van der Waals surface area contributed by atoms with E-state index in [1.807, 2.05) is 24.3 Å². The third-order valence-corrected chi connectivity index (χ3v) is 7.48. The number of carbonyl (C=O) groups is 1. The van der Waals surface area contributed by atoms with Crippen LogP contribution in [0, 0.1) is 5.82 Å². The molecular weight excluding hydrogens is 558 g/mol. The predicted molar refractivity (Wildman–Crippen MR) is 156 cm³/mol. The molecule has 1 amide bonds. The van der Waals surface area contributed by atoms with Gasteiger partial charge in [-0.25, -0.2) is 9.07 Å². The van der Waals surface area contributed by atoms with Crippen LogP contribution in [-0.2, 0) is 12.7 Å². The number of halogens is 4. The molecule has 1 aliphatic rings. The lowest BCUT2D eigenvalue weighted by atomic mass is 9.99. The van der Waals surface area contributed by atoms with E-state index >= 15 is 4.39 Å². The van der Waals surface area contributed by atoms with Crippen molar-refractivity contribution in [2.75, 3.05) is 18.4 Å². The number of aromatic nitrogens is 3. The Morgan fingerprint density at radius 3 is 2.35 bits per heavy atom. The molecule has 0 atom stereocenters. The fourth-order valence-electron chi connectivity index (χ4n) is 5.33. The number of hydrogen-bond acceptors (Lipinski definition) is 4. The van der Waals surface area contributed by atoms with Crippen LogP contribution < -0.4 is 5.32 Å². The van der Waals surface area contributed by atoms with Crippen molar-refractivity contribution in [3.63, 3.8) is 0 Å². The van der Waals surface area contributed by atoms with Crippen LogP contribution in [0.1, 0.15) is 34.6 Å². The van der Waals surface area contributed by atoms with E-state index < -0.39 is 29.3 Å². The highest BCUT2D eigenvalue weighted by Crippen LogP contribution is 2.32. The van der Waals surface area contributed by atoms with E-state index in [-0.39, 0.29) is 11.4 Å². The van der Waals surface area contributed by atoms with Gasteiger partial charge in [-0.05, 0) is 90.1 Å². The minimum Gasteiger partial charge on any atom is -0.318 e. The van der Waals surface area contributed by atoms with E-state index in [0.29, 0.717) is 17.2 Å². The maximum Gasteiger partial charge on any atom is 0.435 e. The number of nitrogens with zero attached hydrogens (tertiary/aromatic N) is 4. The van der Waals surface area contributed by atoms with E-state index in [2.05, 4.69) is 20.3 Å². The third kappa shape index (κ3) is 6.19. The van der Waals surface area contributed by atoms with Crippen molar-refractivity contribution in [3.05, 3.63) is 120 Å². The molecule has 3 aromatic carbocycles.